The van der Waals surface area contributed by atoms with Gasteiger partial charge in [0, 0.05) is 25.0 Å². The molecule has 0 radical (unpaired) electrons. The van der Waals surface area contributed by atoms with Crippen molar-refractivity contribution in [3.05, 3.63) is 66.6 Å². The molecule has 1 aromatic carbocycles. The van der Waals surface area contributed by atoms with Crippen molar-refractivity contribution >= 4 is 22.9 Å². The zero-order valence-electron chi connectivity index (χ0n) is 16.1. The number of likely N-dealkylation sites (tertiary alicyclic amines) is 1. The van der Waals surface area contributed by atoms with Crippen LogP contribution in [0, 0.1) is 6.92 Å². The number of carbonyl (C=O) groups is 1. The standard InChI is InChI=1S/C22H21N5O2/c1-15-6-8-16(9-7-15)24-22(28)26-12-10-17(14-26)27-20-18(4-2-11-23-20)25-21(27)19-5-3-13-29-19/h2-9,11,13,17H,10,12,14H2,1H3,(H,24,28)/t17-/m0/s1. The van der Waals surface area contributed by atoms with Gasteiger partial charge in [0.25, 0.3) is 0 Å². The Morgan fingerprint density at radius 1 is 1.17 bits per heavy atom. The number of hydrogen-bond acceptors (Lipinski definition) is 4. The molecule has 0 saturated carbocycles. The highest BCUT2D eigenvalue weighted by Gasteiger charge is 2.31. The van der Waals surface area contributed by atoms with Crippen LogP contribution in [0.1, 0.15) is 18.0 Å². The summed E-state index contributed by atoms with van der Waals surface area (Å²) in [6.45, 7) is 3.29. The Balaban J connectivity index is 1.41. The van der Waals surface area contributed by atoms with E-state index in [1.165, 1.54) is 0 Å². The molecular weight excluding hydrogens is 366 g/mol. The molecule has 1 aliphatic heterocycles. The zero-order chi connectivity index (χ0) is 19.8. The minimum absolute atomic E-state index is 0.0822. The maximum absolute atomic E-state index is 12.7. The zero-order valence-corrected chi connectivity index (χ0v) is 16.1. The predicted molar refractivity (Wildman–Crippen MR) is 111 cm³/mol. The number of rotatable bonds is 3. The number of hydrogen-bond donors (Lipinski definition) is 1. The van der Waals surface area contributed by atoms with Gasteiger partial charge in [-0.25, -0.2) is 14.8 Å². The van der Waals surface area contributed by atoms with Crippen LogP contribution in [-0.4, -0.2) is 38.6 Å². The lowest BCUT2D eigenvalue weighted by Crippen LogP contribution is -2.33. The first-order valence-electron chi connectivity index (χ1n) is 9.68. The SMILES string of the molecule is Cc1ccc(NC(=O)N2CC[C@H](n3c(-c4ccco4)nc4cccnc43)C2)cc1. The third kappa shape index (κ3) is 3.24. The van der Waals surface area contributed by atoms with Crippen LogP contribution in [0.15, 0.2) is 65.4 Å². The van der Waals surface area contributed by atoms with Gasteiger partial charge < -0.3 is 19.2 Å². The summed E-state index contributed by atoms with van der Waals surface area (Å²) in [5, 5.41) is 2.98. The van der Waals surface area contributed by atoms with E-state index in [1.54, 1.807) is 12.5 Å². The van der Waals surface area contributed by atoms with Crippen LogP contribution in [0.3, 0.4) is 0 Å². The van der Waals surface area contributed by atoms with Gasteiger partial charge in [-0.2, -0.15) is 0 Å². The van der Waals surface area contributed by atoms with Crippen molar-refractivity contribution in [2.45, 2.75) is 19.4 Å². The third-order valence-electron chi connectivity index (χ3n) is 5.31. The number of carbonyl (C=O) groups excluding carboxylic acids is 1. The molecule has 1 N–H and O–H groups in total. The number of fused-ring (bicyclic) bond motifs is 1. The molecule has 29 heavy (non-hydrogen) atoms. The highest BCUT2D eigenvalue weighted by molar-refractivity contribution is 5.89. The maximum atomic E-state index is 12.7. The number of aryl methyl sites for hydroxylation is 1. The minimum Gasteiger partial charge on any atom is -0.461 e. The average molecular weight is 387 g/mol. The molecule has 0 aliphatic carbocycles. The van der Waals surface area contributed by atoms with E-state index >= 15 is 0 Å². The topological polar surface area (TPSA) is 76.2 Å². The molecule has 3 aromatic heterocycles. The number of urea groups is 1. The fourth-order valence-corrected chi connectivity index (χ4v) is 3.83. The minimum atomic E-state index is -0.0896. The maximum Gasteiger partial charge on any atom is 0.321 e. The van der Waals surface area contributed by atoms with E-state index in [0.717, 1.165) is 34.7 Å². The van der Waals surface area contributed by atoms with E-state index in [2.05, 4.69) is 14.9 Å². The first-order valence-corrected chi connectivity index (χ1v) is 9.68. The van der Waals surface area contributed by atoms with E-state index in [-0.39, 0.29) is 12.1 Å². The molecule has 1 saturated heterocycles. The van der Waals surface area contributed by atoms with Crippen LogP contribution in [0.5, 0.6) is 0 Å². The van der Waals surface area contributed by atoms with E-state index in [0.29, 0.717) is 18.8 Å². The molecule has 0 bridgehead atoms. The summed E-state index contributed by atoms with van der Waals surface area (Å²) in [5.74, 6) is 1.44. The second-order valence-electron chi connectivity index (χ2n) is 7.31. The van der Waals surface area contributed by atoms with Gasteiger partial charge in [0.05, 0.1) is 12.3 Å². The number of aromatic nitrogens is 3. The van der Waals surface area contributed by atoms with E-state index < -0.39 is 0 Å². The highest BCUT2D eigenvalue weighted by atomic mass is 16.3. The summed E-state index contributed by atoms with van der Waals surface area (Å²) in [6, 6.07) is 15.4. The number of nitrogens with zero attached hydrogens (tertiary/aromatic N) is 4. The molecule has 0 unspecified atom stereocenters. The molecule has 1 fully saturated rings. The summed E-state index contributed by atoms with van der Waals surface area (Å²) in [5.41, 5.74) is 3.59. The molecule has 7 heteroatoms. The van der Waals surface area contributed by atoms with Crippen LogP contribution in [-0.2, 0) is 0 Å². The first kappa shape index (κ1) is 17.5. The Kier molecular flexibility index (Phi) is 4.27. The molecule has 1 atom stereocenters. The number of benzene rings is 1. The van der Waals surface area contributed by atoms with Crippen LogP contribution in [0.2, 0.25) is 0 Å². The van der Waals surface area contributed by atoms with Gasteiger partial charge in [-0.15, -0.1) is 0 Å². The molecule has 146 valence electrons. The normalized spacial score (nSPS) is 16.4. The fourth-order valence-electron chi connectivity index (χ4n) is 3.83. The molecule has 4 aromatic rings. The van der Waals surface area contributed by atoms with Crippen molar-refractivity contribution in [3.8, 4) is 11.6 Å². The van der Waals surface area contributed by atoms with E-state index in [9.17, 15) is 4.79 Å². The van der Waals surface area contributed by atoms with Crippen molar-refractivity contribution in [1.82, 2.24) is 19.4 Å². The quantitative estimate of drug-likeness (QED) is 0.562. The number of furan rings is 1. The van der Waals surface area contributed by atoms with Gasteiger partial charge in [-0.3, -0.25) is 0 Å². The molecule has 1 aliphatic rings. The van der Waals surface area contributed by atoms with Crippen LogP contribution in [0.25, 0.3) is 22.7 Å². The Labute approximate surface area is 168 Å². The monoisotopic (exact) mass is 387 g/mol. The second kappa shape index (κ2) is 7.09. The van der Waals surface area contributed by atoms with Gasteiger partial charge in [-0.05, 0) is 49.7 Å². The Morgan fingerprint density at radius 2 is 2.03 bits per heavy atom. The number of pyridine rings is 1. The van der Waals surface area contributed by atoms with Gasteiger partial charge in [-0.1, -0.05) is 17.7 Å². The first-order chi connectivity index (χ1) is 14.2. The van der Waals surface area contributed by atoms with Crippen molar-refractivity contribution in [3.63, 3.8) is 0 Å². The van der Waals surface area contributed by atoms with Gasteiger partial charge in [0.2, 0.25) is 0 Å². The smallest absolute Gasteiger partial charge is 0.321 e. The number of anilines is 1. The van der Waals surface area contributed by atoms with Crippen molar-refractivity contribution in [2.75, 3.05) is 18.4 Å². The van der Waals surface area contributed by atoms with Crippen LogP contribution in [0.4, 0.5) is 10.5 Å². The summed E-state index contributed by atoms with van der Waals surface area (Å²) >= 11 is 0. The summed E-state index contributed by atoms with van der Waals surface area (Å²) in [6.07, 6.45) is 4.24. The Morgan fingerprint density at radius 3 is 2.83 bits per heavy atom. The van der Waals surface area contributed by atoms with Crippen molar-refractivity contribution in [2.24, 2.45) is 0 Å². The number of amides is 2. The van der Waals surface area contributed by atoms with Crippen molar-refractivity contribution < 1.29 is 9.21 Å². The number of nitrogens with one attached hydrogen (secondary N) is 1. The average Bonchev–Trinajstić information content (AvgIpc) is 3.48. The lowest BCUT2D eigenvalue weighted by Gasteiger charge is -2.19. The van der Waals surface area contributed by atoms with Gasteiger partial charge in [0.15, 0.2) is 17.2 Å². The third-order valence-corrected chi connectivity index (χ3v) is 5.31. The van der Waals surface area contributed by atoms with Crippen LogP contribution >= 0.6 is 0 Å². The summed E-state index contributed by atoms with van der Waals surface area (Å²) in [7, 11) is 0. The lowest BCUT2D eigenvalue weighted by molar-refractivity contribution is 0.221. The van der Waals surface area contributed by atoms with Gasteiger partial charge >= 0.3 is 6.03 Å². The highest BCUT2D eigenvalue weighted by Crippen LogP contribution is 2.32. The molecular formula is C22H21N5O2. The van der Waals surface area contributed by atoms with E-state index in [1.807, 2.05) is 60.4 Å². The second-order valence-corrected chi connectivity index (χ2v) is 7.31. The van der Waals surface area contributed by atoms with Crippen molar-refractivity contribution in [1.29, 1.82) is 0 Å². The van der Waals surface area contributed by atoms with Crippen LogP contribution < -0.4 is 5.32 Å². The molecule has 7 nitrogen and oxygen atoms in total. The summed E-state index contributed by atoms with van der Waals surface area (Å²) < 4.78 is 7.71. The lowest BCUT2D eigenvalue weighted by atomic mass is 10.2. The number of imidazole rings is 1. The van der Waals surface area contributed by atoms with E-state index in [4.69, 9.17) is 9.40 Å². The Hall–Kier alpha value is -3.61. The predicted octanol–water partition coefficient (Wildman–Crippen LogP) is 4.48. The molecule has 0 spiro atoms. The largest absolute Gasteiger partial charge is 0.461 e. The molecule has 2 amide bonds. The van der Waals surface area contributed by atoms with Gasteiger partial charge in [0.1, 0.15) is 5.52 Å². The summed E-state index contributed by atoms with van der Waals surface area (Å²) in [4.78, 5) is 23.9. The molecule has 5 rings (SSSR count). The molecule has 4 heterocycles. The fraction of sp³-hybridized carbons (Fsp3) is 0.227. The Bertz CT molecular complexity index is 1150.